The number of benzene rings is 4. The average molecular weight is 390 g/mol. The van der Waals surface area contributed by atoms with Crippen molar-refractivity contribution in [2.75, 3.05) is 9.80 Å². The number of nitrogens with zero attached hydrogens (tertiary/aromatic N) is 2. The Bertz CT molecular complexity index is 1370. The molecule has 4 aromatic rings. The largest absolute Gasteiger partial charge is 0.276 e. The summed E-state index contributed by atoms with van der Waals surface area (Å²) in [6.07, 6.45) is 0. The van der Waals surface area contributed by atoms with Gasteiger partial charge in [0.15, 0.2) is 0 Å². The lowest BCUT2D eigenvalue weighted by Gasteiger charge is -2.27. The molecule has 2 aliphatic rings. The van der Waals surface area contributed by atoms with E-state index in [1.807, 2.05) is 36.4 Å². The highest BCUT2D eigenvalue weighted by molar-refractivity contribution is 6.40. The summed E-state index contributed by atoms with van der Waals surface area (Å²) in [5, 5.41) is 1.22. The van der Waals surface area contributed by atoms with E-state index in [0.29, 0.717) is 38.8 Å². The number of hydrogen-bond acceptors (Lipinski definition) is 3. The van der Waals surface area contributed by atoms with Crippen molar-refractivity contribution < 1.29 is 14.4 Å². The van der Waals surface area contributed by atoms with Gasteiger partial charge in [0.05, 0.1) is 16.9 Å². The van der Waals surface area contributed by atoms with Gasteiger partial charge < -0.3 is 0 Å². The predicted octanol–water partition coefficient (Wildman–Crippen LogP) is 4.93. The zero-order chi connectivity index (χ0) is 20.4. The van der Waals surface area contributed by atoms with E-state index in [9.17, 15) is 14.4 Å². The molecular formula is C25H14N2O3. The van der Waals surface area contributed by atoms with Crippen LogP contribution in [0.25, 0.3) is 10.8 Å². The molecule has 0 bridgehead atoms. The first kappa shape index (κ1) is 16.7. The average Bonchev–Trinajstić information content (AvgIpc) is 3.08. The van der Waals surface area contributed by atoms with Crippen LogP contribution in [-0.4, -0.2) is 17.7 Å². The summed E-state index contributed by atoms with van der Waals surface area (Å²) >= 11 is 0. The summed E-state index contributed by atoms with van der Waals surface area (Å²) in [4.78, 5) is 42.6. The molecule has 6 rings (SSSR count). The van der Waals surface area contributed by atoms with Gasteiger partial charge in [0.1, 0.15) is 0 Å². The molecule has 4 aromatic carbocycles. The Morgan fingerprint density at radius 2 is 0.867 bits per heavy atom. The normalized spacial score (nSPS) is 14.7. The maximum Gasteiger partial charge on any atom is 0.265 e. The number of rotatable bonds is 2. The molecule has 3 amide bonds. The number of carbonyl (C=O) groups is 3. The number of hydrogen-bond donors (Lipinski definition) is 0. The molecule has 0 spiro atoms. The van der Waals surface area contributed by atoms with Crippen molar-refractivity contribution in [3.8, 4) is 0 Å². The van der Waals surface area contributed by atoms with Crippen LogP contribution >= 0.6 is 0 Å². The fourth-order valence-electron chi connectivity index (χ4n) is 4.41. The molecule has 142 valence electrons. The van der Waals surface area contributed by atoms with E-state index in [4.69, 9.17) is 0 Å². The van der Waals surface area contributed by atoms with Crippen molar-refractivity contribution >= 4 is 45.6 Å². The maximum atomic E-state index is 13.3. The fourth-order valence-corrected chi connectivity index (χ4v) is 4.41. The Kier molecular flexibility index (Phi) is 3.27. The highest BCUT2D eigenvalue weighted by atomic mass is 16.2. The Balaban J connectivity index is 1.62. The van der Waals surface area contributed by atoms with E-state index < -0.39 is 0 Å². The quantitative estimate of drug-likeness (QED) is 0.456. The van der Waals surface area contributed by atoms with Crippen molar-refractivity contribution in [1.29, 1.82) is 0 Å². The SMILES string of the molecule is O=C1c2ccc3c4c(ccc(c24)C(=O)N1c1ccccc1)N(c1ccccc1)C3=O. The molecular weight excluding hydrogens is 376 g/mol. The molecule has 2 heterocycles. The Hall–Kier alpha value is -4.25. The molecule has 5 heteroatoms. The van der Waals surface area contributed by atoms with Gasteiger partial charge >= 0.3 is 0 Å². The number of para-hydroxylation sites is 2. The van der Waals surface area contributed by atoms with Crippen LogP contribution in [0.15, 0.2) is 84.9 Å². The van der Waals surface area contributed by atoms with E-state index in [1.54, 1.807) is 53.4 Å². The van der Waals surface area contributed by atoms with Gasteiger partial charge in [-0.25, -0.2) is 4.90 Å². The molecule has 0 aromatic heterocycles. The van der Waals surface area contributed by atoms with Crippen LogP contribution in [0.2, 0.25) is 0 Å². The standard InChI is InChI=1S/C25H14N2O3/c28-23-19-12-11-17-21-18(25(30)27(24(17)29)16-9-5-2-6-10-16)13-14-20(22(19)21)26(23)15-7-3-1-4-8-15/h1-14H. The number of imide groups is 1. The summed E-state index contributed by atoms with van der Waals surface area (Å²) < 4.78 is 0. The Labute approximate surface area is 171 Å². The third-order valence-corrected chi connectivity index (χ3v) is 5.71. The predicted molar refractivity (Wildman–Crippen MR) is 114 cm³/mol. The van der Waals surface area contributed by atoms with Crippen molar-refractivity contribution in [1.82, 2.24) is 0 Å². The molecule has 0 unspecified atom stereocenters. The van der Waals surface area contributed by atoms with E-state index in [1.165, 1.54) is 4.90 Å². The monoisotopic (exact) mass is 390 g/mol. The van der Waals surface area contributed by atoms with Crippen LogP contribution in [0.1, 0.15) is 31.1 Å². The first-order valence-corrected chi connectivity index (χ1v) is 9.60. The molecule has 0 fully saturated rings. The van der Waals surface area contributed by atoms with Crippen molar-refractivity contribution in [2.45, 2.75) is 0 Å². The molecule has 2 aliphatic heterocycles. The van der Waals surface area contributed by atoms with Crippen molar-refractivity contribution in [3.63, 3.8) is 0 Å². The summed E-state index contributed by atoms with van der Waals surface area (Å²) in [5.74, 6) is -0.925. The Morgan fingerprint density at radius 1 is 0.433 bits per heavy atom. The lowest BCUT2D eigenvalue weighted by molar-refractivity contribution is 0.0892. The third kappa shape index (κ3) is 2.03. The molecule has 5 nitrogen and oxygen atoms in total. The second-order valence-electron chi connectivity index (χ2n) is 7.30. The number of amides is 3. The summed E-state index contributed by atoms with van der Waals surface area (Å²) in [5.41, 5.74) is 3.32. The molecule has 0 aliphatic carbocycles. The van der Waals surface area contributed by atoms with E-state index in [0.717, 1.165) is 5.69 Å². The number of anilines is 3. The van der Waals surface area contributed by atoms with Crippen LogP contribution in [-0.2, 0) is 0 Å². The minimum atomic E-state index is -0.381. The first-order chi connectivity index (χ1) is 14.7. The van der Waals surface area contributed by atoms with Crippen molar-refractivity contribution in [3.05, 3.63) is 102 Å². The lowest BCUT2D eigenvalue weighted by atomic mass is 9.91. The van der Waals surface area contributed by atoms with Crippen LogP contribution in [0.4, 0.5) is 17.1 Å². The van der Waals surface area contributed by atoms with Gasteiger partial charge in [-0.15, -0.1) is 0 Å². The van der Waals surface area contributed by atoms with Crippen LogP contribution < -0.4 is 9.80 Å². The maximum absolute atomic E-state index is 13.3. The fraction of sp³-hybridized carbons (Fsp3) is 0. The van der Waals surface area contributed by atoms with Crippen LogP contribution in [0.3, 0.4) is 0 Å². The third-order valence-electron chi connectivity index (χ3n) is 5.71. The van der Waals surface area contributed by atoms with Gasteiger partial charge in [0.2, 0.25) is 0 Å². The first-order valence-electron chi connectivity index (χ1n) is 9.60. The van der Waals surface area contributed by atoms with Crippen LogP contribution in [0, 0.1) is 0 Å². The second-order valence-corrected chi connectivity index (χ2v) is 7.30. The zero-order valence-electron chi connectivity index (χ0n) is 15.7. The zero-order valence-corrected chi connectivity index (χ0v) is 15.7. The minimum Gasteiger partial charge on any atom is -0.276 e. The van der Waals surface area contributed by atoms with Gasteiger partial charge in [-0.3, -0.25) is 19.3 Å². The van der Waals surface area contributed by atoms with E-state index in [-0.39, 0.29) is 17.7 Å². The van der Waals surface area contributed by atoms with Gasteiger partial charge in [-0.2, -0.15) is 0 Å². The Morgan fingerprint density at radius 3 is 1.43 bits per heavy atom. The topological polar surface area (TPSA) is 57.7 Å². The highest BCUT2D eigenvalue weighted by Crippen LogP contribution is 2.45. The van der Waals surface area contributed by atoms with Crippen LogP contribution in [0.5, 0.6) is 0 Å². The molecule has 0 radical (unpaired) electrons. The number of carbonyl (C=O) groups excluding carboxylic acids is 3. The molecule has 0 atom stereocenters. The molecule has 0 N–H and O–H groups in total. The summed E-state index contributed by atoms with van der Waals surface area (Å²) in [6, 6.07) is 25.1. The summed E-state index contributed by atoms with van der Waals surface area (Å²) in [7, 11) is 0. The highest BCUT2D eigenvalue weighted by Gasteiger charge is 2.39. The minimum absolute atomic E-state index is 0.162. The molecule has 0 saturated heterocycles. The van der Waals surface area contributed by atoms with Crippen molar-refractivity contribution in [2.24, 2.45) is 0 Å². The van der Waals surface area contributed by atoms with Gasteiger partial charge in [-0.05, 0) is 48.5 Å². The lowest BCUT2D eigenvalue weighted by Crippen LogP contribution is -2.40. The summed E-state index contributed by atoms with van der Waals surface area (Å²) in [6.45, 7) is 0. The second kappa shape index (κ2) is 5.87. The van der Waals surface area contributed by atoms with Gasteiger partial charge in [0, 0.05) is 27.6 Å². The smallest absolute Gasteiger partial charge is 0.265 e. The van der Waals surface area contributed by atoms with E-state index >= 15 is 0 Å². The molecule has 30 heavy (non-hydrogen) atoms. The van der Waals surface area contributed by atoms with E-state index in [2.05, 4.69) is 0 Å². The molecule has 0 saturated carbocycles. The van der Waals surface area contributed by atoms with Gasteiger partial charge in [-0.1, -0.05) is 36.4 Å². The van der Waals surface area contributed by atoms with Gasteiger partial charge in [0.25, 0.3) is 17.7 Å².